The molecule has 2 saturated carbocycles. The molecule has 1 aromatic rings. The summed E-state index contributed by atoms with van der Waals surface area (Å²) in [6.07, 6.45) is 5.30. The van der Waals surface area contributed by atoms with Gasteiger partial charge in [0.1, 0.15) is 0 Å². The molecule has 1 atom stereocenters. The van der Waals surface area contributed by atoms with Gasteiger partial charge in [-0.25, -0.2) is 5.14 Å². The largest absolute Gasteiger partial charge is 0.352 e. The Bertz CT molecular complexity index is 753. The lowest BCUT2D eigenvalue weighted by Crippen LogP contribution is -2.43. The second-order valence-electron chi connectivity index (χ2n) is 8.21. The molecule has 3 rings (SSSR count). The molecule has 28 heavy (non-hydrogen) atoms. The summed E-state index contributed by atoms with van der Waals surface area (Å²) in [7, 11) is -2.13. The summed E-state index contributed by atoms with van der Waals surface area (Å²) < 4.78 is 24.4. The molecule has 2 aliphatic carbocycles. The second-order valence-corrected chi connectivity index (χ2v) is 9.82. The van der Waals surface area contributed by atoms with Crippen molar-refractivity contribution in [2.45, 2.75) is 76.5 Å². The van der Waals surface area contributed by atoms with Crippen LogP contribution in [0.4, 0.5) is 11.9 Å². The molecule has 2 aliphatic rings. The van der Waals surface area contributed by atoms with E-state index in [-0.39, 0.29) is 24.0 Å². The number of rotatable bonds is 8. The number of aromatic nitrogens is 3. The van der Waals surface area contributed by atoms with Gasteiger partial charge < -0.3 is 16.4 Å². The van der Waals surface area contributed by atoms with E-state index >= 15 is 0 Å². The normalized spacial score (nSPS) is 24.4. The van der Waals surface area contributed by atoms with Gasteiger partial charge in [-0.05, 0) is 58.3 Å². The Kier molecular flexibility index (Phi) is 6.37. The van der Waals surface area contributed by atoms with Crippen molar-refractivity contribution in [3.8, 4) is 0 Å². The van der Waals surface area contributed by atoms with E-state index in [4.69, 9.17) is 10.9 Å². The molecule has 0 aromatic carbocycles. The molecule has 1 unspecified atom stereocenters. The van der Waals surface area contributed by atoms with Crippen molar-refractivity contribution in [1.82, 2.24) is 19.3 Å². The van der Waals surface area contributed by atoms with E-state index in [0.29, 0.717) is 23.8 Å². The third-order valence-corrected chi connectivity index (χ3v) is 6.55. The summed E-state index contributed by atoms with van der Waals surface area (Å²) in [5.41, 5.74) is 6.53. The monoisotopic (exact) mass is 412 g/mol. The summed E-state index contributed by atoms with van der Waals surface area (Å²) in [6, 6.07) is 0.227. The quantitative estimate of drug-likeness (QED) is 0.492. The third kappa shape index (κ3) is 5.49. The lowest BCUT2D eigenvalue weighted by molar-refractivity contribution is 0.213. The lowest BCUT2D eigenvalue weighted by atomic mass is 9.81. The van der Waals surface area contributed by atoms with Crippen LogP contribution in [-0.2, 0) is 10.2 Å². The van der Waals surface area contributed by atoms with Gasteiger partial charge in [0, 0.05) is 25.2 Å². The Balaban J connectivity index is 1.70. The van der Waals surface area contributed by atoms with Gasteiger partial charge in [0.25, 0.3) is 10.2 Å². The molecule has 1 aromatic heterocycles. The molecular weight excluding hydrogens is 380 g/mol. The summed E-state index contributed by atoms with van der Waals surface area (Å²) in [5, 5.41) is 11.8. The SMILES string of the molecule is CC(C)Nc1nc(NC2CC2)nc(C(N)C2CCC(N(C)S(N)(=O)=O)CC2)n1. The molecule has 0 radical (unpaired) electrons. The molecule has 0 saturated heterocycles. The number of anilines is 2. The van der Waals surface area contributed by atoms with Crippen molar-refractivity contribution >= 4 is 22.1 Å². The van der Waals surface area contributed by atoms with Gasteiger partial charge in [-0.15, -0.1) is 0 Å². The molecule has 1 heterocycles. The Morgan fingerprint density at radius 3 is 2.18 bits per heavy atom. The van der Waals surface area contributed by atoms with Crippen LogP contribution in [0.25, 0.3) is 0 Å². The predicted octanol–water partition coefficient (Wildman–Crippen LogP) is 0.960. The zero-order valence-corrected chi connectivity index (χ0v) is 17.6. The van der Waals surface area contributed by atoms with Crippen molar-refractivity contribution in [3.63, 3.8) is 0 Å². The van der Waals surface area contributed by atoms with Gasteiger partial charge >= 0.3 is 0 Å². The number of nitrogens with zero attached hydrogens (tertiary/aromatic N) is 4. The summed E-state index contributed by atoms with van der Waals surface area (Å²) in [4.78, 5) is 13.6. The standard InChI is InChI=1S/C17H32N8O2S/c1-10(2)20-16-22-15(23-17(24-16)21-12-6-7-12)14(18)11-4-8-13(9-5-11)25(3)28(19,26)27/h10-14H,4-9,18H2,1-3H3,(H2,19,26,27)(H2,20,21,22,23,24). The highest BCUT2D eigenvalue weighted by Crippen LogP contribution is 2.34. The van der Waals surface area contributed by atoms with Crippen LogP contribution < -0.4 is 21.5 Å². The Hall–Kier alpha value is -1.56. The van der Waals surface area contributed by atoms with E-state index < -0.39 is 10.2 Å². The van der Waals surface area contributed by atoms with Crippen molar-refractivity contribution in [3.05, 3.63) is 5.82 Å². The topological polar surface area (TPSA) is 152 Å². The molecule has 0 amide bonds. The maximum Gasteiger partial charge on any atom is 0.276 e. The fourth-order valence-corrected chi connectivity index (χ4v) is 4.21. The molecule has 10 nitrogen and oxygen atoms in total. The first kappa shape index (κ1) is 21.2. The molecule has 11 heteroatoms. The molecule has 0 bridgehead atoms. The molecule has 158 valence electrons. The van der Waals surface area contributed by atoms with Gasteiger partial charge in [0.15, 0.2) is 5.82 Å². The first-order valence-corrected chi connectivity index (χ1v) is 11.4. The van der Waals surface area contributed by atoms with Crippen LogP contribution in [0.3, 0.4) is 0 Å². The maximum absolute atomic E-state index is 11.6. The van der Waals surface area contributed by atoms with Crippen LogP contribution in [0.1, 0.15) is 64.2 Å². The first-order valence-electron chi connectivity index (χ1n) is 9.94. The van der Waals surface area contributed by atoms with Crippen LogP contribution in [0.2, 0.25) is 0 Å². The average molecular weight is 413 g/mol. The Morgan fingerprint density at radius 1 is 1.04 bits per heavy atom. The zero-order valence-electron chi connectivity index (χ0n) is 16.8. The first-order chi connectivity index (χ1) is 13.1. The Morgan fingerprint density at radius 2 is 1.64 bits per heavy atom. The van der Waals surface area contributed by atoms with Crippen molar-refractivity contribution < 1.29 is 8.42 Å². The summed E-state index contributed by atoms with van der Waals surface area (Å²) in [5.74, 6) is 1.85. The highest BCUT2D eigenvalue weighted by Gasteiger charge is 2.33. The summed E-state index contributed by atoms with van der Waals surface area (Å²) >= 11 is 0. The Labute approximate surface area is 167 Å². The van der Waals surface area contributed by atoms with Crippen LogP contribution in [-0.4, -0.2) is 52.8 Å². The van der Waals surface area contributed by atoms with Crippen molar-refractivity contribution in [2.75, 3.05) is 17.7 Å². The van der Waals surface area contributed by atoms with Crippen LogP contribution in [0, 0.1) is 5.92 Å². The fraction of sp³-hybridized carbons (Fsp3) is 0.824. The smallest absolute Gasteiger partial charge is 0.276 e. The van der Waals surface area contributed by atoms with Gasteiger partial charge in [-0.1, -0.05) is 0 Å². The minimum atomic E-state index is -3.67. The fourth-order valence-electron chi connectivity index (χ4n) is 3.58. The highest BCUT2D eigenvalue weighted by atomic mass is 32.2. The van der Waals surface area contributed by atoms with Crippen LogP contribution in [0.15, 0.2) is 0 Å². The second kappa shape index (κ2) is 8.44. The van der Waals surface area contributed by atoms with Crippen molar-refractivity contribution in [1.29, 1.82) is 0 Å². The van der Waals surface area contributed by atoms with E-state index in [1.165, 1.54) is 11.4 Å². The number of nitrogens with two attached hydrogens (primary N) is 2. The van der Waals surface area contributed by atoms with E-state index in [9.17, 15) is 8.42 Å². The molecular formula is C17H32N8O2S. The average Bonchev–Trinajstić information content (AvgIpc) is 3.43. The molecule has 2 fully saturated rings. The zero-order chi connectivity index (χ0) is 20.5. The van der Waals surface area contributed by atoms with Gasteiger partial charge in [-0.2, -0.15) is 27.7 Å². The van der Waals surface area contributed by atoms with E-state index in [0.717, 1.165) is 38.5 Å². The maximum atomic E-state index is 11.6. The highest BCUT2D eigenvalue weighted by molar-refractivity contribution is 7.86. The van der Waals surface area contributed by atoms with E-state index in [2.05, 4.69) is 25.6 Å². The van der Waals surface area contributed by atoms with Crippen LogP contribution in [0.5, 0.6) is 0 Å². The minimum Gasteiger partial charge on any atom is -0.352 e. The van der Waals surface area contributed by atoms with Crippen molar-refractivity contribution in [2.24, 2.45) is 16.8 Å². The van der Waals surface area contributed by atoms with E-state index in [1.54, 1.807) is 0 Å². The molecule has 0 aliphatic heterocycles. The predicted molar refractivity (Wildman–Crippen MR) is 109 cm³/mol. The number of nitrogens with one attached hydrogen (secondary N) is 2. The minimum absolute atomic E-state index is 0.0814. The van der Waals surface area contributed by atoms with Gasteiger partial charge in [-0.3, -0.25) is 0 Å². The number of hydrogen-bond acceptors (Lipinski definition) is 8. The lowest BCUT2D eigenvalue weighted by Gasteiger charge is -2.35. The third-order valence-electron chi connectivity index (χ3n) is 5.44. The van der Waals surface area contributed by atoms with Gasteiger partial charge in [0.05, 0.1) is 6.04 Å². The number of hydrogen-bond donors (Lipinski definition) is 4. The van der Waals surface area contributed by atoms with E-state index in [1.807, 2.05) is 13.8 Å². The van der Waals surface area contributed by atoms with Crippen LogP contribution >= 0.6 is 0 Å². The molecule has 0 spiro atoms. The summed E-state index contributed by atoms with van der Waals surface area (Å²) in [6.45, 7) is 4.06. The van der Waals surface area contributed by atoms with Gasteiger partial charge in [0.2, 0.25) is 11.9 Å². The molecule has 6 N–H and O–H groups in total.